The van der Waals surface area contributed by atoms with Crippen molar-refractivity contribution in [2.75, 3.05) is 12.4 Å². The number of nitrogens with one attached hydrogen (secondary N) is 2. The molecule has 4 rings (SSSR count). The number of benzene rings is 2. The molecule has 0 fully saturated rings. The number of urea groups is 1. The Morgan fingerprint density at radius 3 is 2.60 bits per heavy atom. The largest absolute Gasteiger partial charge is 0.497 e. The summed E-state index contributed by atoms with van der Waals surface area (Å²) in [5.74, 6) is 0.736. The molecule has 4 aromatic rings. The molecule has 0 atom stereocenters. The van der Waals surface area contributed by atoms with Gasteiger partial charge in [0.2, 0.25) is 4.96 Å². The van der Waals surface area contributed by atoms with Gasteiger partial charge in [-0.15, -0.1) is 0 Å². The van der Waals surface area contributed by atoms with Gasteiger partial charge >= 0.3 is 6.03 Å². The molecular formula is C20H16ClN5O3S. The van der Waals surface area contributed by atoms with Crippen molar-refractivity contribution in [1.29, 1.82) is 0 Å². The van der Waals surface area contributed by atoms with Gasteiger partial charge in [0.05, 0.1) is 19.3 Å². The van der Waals surface area contributed by atoms with Crippen LogP contribution in [0.3, 0.4) is 0 Å². The standard InChI is InChI=1S/C20H16ClN5O3S/c1-29-16-8-2-12(3-9-16)18-25-26-17(27)10-15(24-20(26)30-18)11-22-19(28)23-14-6-4-13(21)5-7-14/h2-10H,11H2,1H3,(H2,22,23,28). The molecule has 2 amide bonds. The molecule has 0 bridgehead atoms. The minimum atomic E-state index is -0.414. The van der Waals surface area contributed by atoms with Crippen LogP contribution in [0.25, 0.3) is 15.5 Å². The molecule has 0 radical (unpaired) electrons. The number of ether oxygens (including phenoxy) is 1. The molecule has 0 saturated carbocycles. The third-order valence-corrected chi connectivity index (χ3v) is 5.38. The molecule has 0 aliphatic carbocycles. The highest BCUT2D eigenvalue weighted by Gasteiger charge is 2.11. The fourth-order valence-corrected chi connectivity index (χ4v) is 3.73. The van der Waals surface area contributed by atoms with Gasteiger partial charge in [-0.3, -0.25) is 4.79 Å². The second kappa shape index (κ2) is 8.52. The fraction of sp³-hybridized carbons (Fsp3) is 0.100. The number of halogens is 1. The average molecular weight is 442 g/mol. The Hall–Kier alpha value is -3.43. The summed E-state index contributed by atoms with van der Waals surface area (Å²) in [6.07, 6.45) is 0. The Labute approximate surface area is 180 Å². The number of fused-ring (bicyclic) bond motifs is 1. The minimum absolute atomic E-state index is 0.0981. The van der Waals surface area contributed by atoms with Gasteiger partial charge in [-0.05, 0) is 48.5 Å². The molecular weight excluding hydrogens is 426 g/mol. The van der Waals surface area contributed by atoms with Crippen LogP contribution in [0.15, 0.2) is 59.4 Å². The highest BCUT2D eigenvalue weighted by Crippen LogP contribution is 2.26. The SMILES string of the molecule is COc1ccc(-c2nn3c(=O)cc(CNC(=O)Nc4ccc(Cl)cc4)nc3s2)cc1. The third-order valence-electron chi connectivity index (χ3n) is 4.17. The first-order chi connectivity index (χ1) is 14.5. The fourth-order valence-electron chi connectivity index (χ4n) is 2.68. The highest BCUT2D eigenvalue weighted by molar-refractivity contribution is 7.19. The van der Waals surface area contributed by atoms with Crippen molar-refractivity contribution >= 4 is 39.6 Å². The molecule has 2 heterocycles. The predicted molar refractivity (Wildman–Crippen MR) is 116 cm³/mol. The van der Waals surface area contributed by atoms with E-state index in [0.717, 1.165) is 11.3 Å². The number of hydrogen-bond acceptors (Lipinski definition) is 6. The zero-order valence-corrected chi connectivity index (χ0v) is 17.3. The lowest BCUT2D eigenvalue weighted by Gasteiger charge is -2.07. The predicted octanol–water partition coefficient (Wildman–Crippen LogP) is 3.80. The van der Waals surface area contributed by atoms with Crippen molar-refractivity contribution in [2.45, 2.75) is 6.54 Å². The number of methoxy groups -OCH3 is 1. The molecule has 0 aliphatic heterocycles. The molecule has 0 spiro atoms. The van der Waals surface area contributed by atoms with Crippen molar-refractivity contribution in [3.63, 3.8) is 0 Å². The zero-order chi connectivity index (χ0) is 21.1. The number of carbonyl (C=O) groups is 1. The van der Waals surface area contributed by atoms with E-state index < -0.39 is 6.03 Å². The maximum atomic E-state index is 12.4. The number of amides is 2. The number of hydrogen-bond donors (Lipinski definition) is 2. The number of aromatic nitrogens is 3. The summed E-state index contributed by atoms with van der Waals surface area (Å²) in [7, 11) is 1.60. The van der Waals surface area contributed by atoms with Crippen molar-refractivity contribution in [2.24, 2.45) is 0 Å². The van der Waals surface area contributed by atoms with E-state index in [1.165, 1.54) is 21.9 Å². The van der Waals surface area contributed by atoms with Crippen LogP contribution in [0.5, 0.6) is 5.75 Å². The summed E-state index contributed by atoms with van der Waals surface area (Å²) < 4.78 is 6.41. The van der Waals surface area contributed by atoms with Gasteiger partial charge in [-0.2, -0.15) is 9.61 Å². The molecule has 2 aromatic heterocycles. The Kier molecular flexibility index (Phi) is 5.64. The number of rotatable bonds is 5. The normalized spacial score (nSPS) is 10.7. The summed E-state index contributed by atoms with van der Waals surface area (Å²) in [5, 5.41) is 11.0. The summed E-state index contributed by atoms with van der Waals surface area (Å²) in [6.45, 7) is 0.0981. The van der Waals surface area contributed by atoms with Crippen LogP contribution < -0.4 is 20.9 Å². The Bertz CT molecular complexity index is 1250. The van der Waals surface area contributed by atoms with Crippen LogP contribution in [0.2, 0.25) is 5.02 Å². The van der Waals surface area contributed by atoms with Crippen molar-refractivity contribution in [3.8, 4) is 16.3 Å². The van der Waals surface area contributed by atoms with Crippen molar-refractivity contribution in [1.82, 2.24) is 19.9 Å². The van der Waals surface area contributed by atoms with Gasteiger partial charge in [0.25, 0.3) is 5.56 Å². The van der Waals surface area contributed by atoms with Crippen LogP contribution in [0.1, 0.15) is 5.69 Å². The molecule has 10 heteroatoms. The molecule has 0 saturated heterocycles. The summed E-state index contributed by atoms with van der Waals surface area (Å²) in [5.41, 5.74) is 1.58. The van der Waals surface area contributed by atoms with Crippen LogP contribution in [0.4, 0.5) is 10.5 Å². The first-order valence-corrected chi connectivity index (χ1v) is 10.1. The average Bonchev–Trinajstić information content (AvgIpc) is 3.19. The second-order valence-electron chi connectivity index (χ2n) is 6.23. The first-order valence-electron chi connectivity index (χ1n) is 8.86. The van der Waals surface area contributed by atoms with E-state index in [-0.39, 0.29) is 12.1 Å². The van der Waals surface area contributed by atoms with Crippen LogP contribution >= 0.6 is 22.9 Å². The summed E-state index contributed by atoms with van der Waals surface area (Å²) >= 11 is 7.12. The lowest BCUT2D eigenvalue weighted by atomic mass is 10.2. The molecule has 0 unspecified atom stereocenters. The summed E-state index contributed by atoms with van der Waals surface area (Å²) in [4.78, 5) is 29.4. The lowest BCUT2D eigenvalue weighted by molar-refractivity contribution is 0.251. The van der Waals surface area contributed by atoms with Crippen LogP contribution in [-0.4, -0.2) is 27.7 Å². The third kappa shape index (κ3) is 4.42. The second-order valence-corrected chi connectivity index (χ2v) is 7.62. The molecule has 8 nitrogen and oxygen atoms in total. The van der Waals surface area contributed by atoms with Crippen LogP contribution in [-0.2, 0) is 6.54 Å². The monoisotopic (exact) mass is 441 g/mol. The molecule has 2 aromatic carbocycles. The first kappa shape index (κ1) is 19.9. The van der Waals surface area contributed by atoms with E-state index in [9.17, 15) is 9.59 Å². The maximum Gasteiger partial charge on any atom is 0.319 e. The Balaban J connectivity index is 1.48. The van der Waals surface area contributed by atoms with Crippen molar-refractivity contribution < 1.29 is 9.53 Å². The quantitative estimate of drug-likeness (QED) is 0.491. The van der Waals surface area contributed by atoms with E-state index in [1.54, 1.807) is 31.4 Å². The van der Waals surface area contributed by atoms with Crippen molar-refractivity contribution in [3.05, 3.63) is 75.7 Å². The van der Waals surface area contributed by atoms with Gasteiger partial charge < -0.3 is 15.4 Å². The van der Waals surface area contributed by atoms with Gasteiger partial charge in [-0.1, -0.05) is 22.9 Å². The molecule has 2 N–H and O–H groups in total. The van der Waals surface area contributed by atoms with E-state index >= 15 is 0 Å². The topological polar surface area (TPSA) is 97.6 Å². The van der Waals surface area contributed by atoms with Gasteiger partial charge in [0.15, 0.2) is 0 Å². The number of anilines is 1. The Morgan fingerprint density at radius 2 is 1.90 bits per heavy atom. The van der Waals surface area contributed by atoms with Gasteiger partial charge in [0, 0.05) is 22.3 Å². The van der Waals surface area contributed by atoms with Crippen LogP contribution in [0, 0.1) is 0 Å². The highest BCUT2D eigenvalue weighted by atomic mass is 35.5. The van der Waals surface area contributed by atoms with Gasteiger partial charge in [0.1, 0.15) is 10.8 Å². The lowest BCUT2D eigenvalue weighted by Crippen LogP contribution is -2.29. The maximum absolute atomic E-state index is 12.4. The smallest absolute Gasteiger partial charge is 0.319 e. The number of carbonyl (C=O) groups excluding carboxylic acids is 1. The Morgan fingerprint density at radius 1 is 1.17 bits per heavy atom. The molecule has 152 valence electrons. The zero-order valence-electron chi connectivity index (χ0n) is 15.8. The minimum Gasteiger partial charge on any atom is -0.497 e. The molecule has 30 heavy (non-hydrogen) atoms. The molecule has 0 aliphatic rings. The number of nitrogens with zero attached hydrogens (tertiary/aromatic N) is 3. The van der Waals surface area contributed by atoms with E-state index in [1.807, 2.05) is 24.3 Å². The van der Waals surface area contributed by atoms with Gasteiger partial charge in [-0.25, -0.2) is 9.78 Å². The van der Waals surface area contributed by atoms with E-state index in [0.29, 0.717) is 26.4 Å². The van der Waals surface area contributed by atoms with E-state index in [4.69, 9.17) is 16.3 Å². The van der Waals surface area contributed by atoms with E-state index in [2.05, 4.69) is 20.7 Å². The summed E-state index contributed by atoms with van der Waals surface area (Å²) in [6, 6.07) is 15.1.